The third-order valence-corrected chi connectivity index (χ3v) is 5.89. The maximum atomic E-state index is 11.5. The third kappa shape index (κ3) is 4.64. The Balaban J connectivity index is 1.60. The smallest absolute Gasteiger partial charge is 0.238 e. The highest BCUT2D eigenvalue weighted by atomic mass is 32.2. The lowest BCUT2D eigenvalue weighted by molar-refractivity contribution is 0.399. The SMILES string of the molecule is COc1nc2ccccc2cc1/C=N/N=C(\C)c1nnn(-c2ccc(S(N)(=O)=O)cc2)c1C. The van der Waals surface area contributed by atoms with Gasteiger partial charge in [0.05, 0.1) is 46.4 Å². The molecule has 10 nitrogen and oxygen atoms in total. The highest BCUT2D eigenvalue weighted by Crippen LogP contribution is 2.21. The zero-order chi connectivity index (χ0) is 23.6. The van der Waals surface area contributed by atoms with E-state index >= 15 is 0 Å². The Labute approximate surface area is 190 Å². The van der Waals surface area contributed by atoms with Crippen LogP contribution in [0.1, 0.15) is 23.9 Å². The molecule has 2 heterocycles. The lowest BCUT2D eigenvalue weighted by Crippen LogP contribution is -2.12. The van der Waals surface area contributed by atoms with Gasteiger partial charge in [0.1, 0.15) is 5.69 Å². The van der Waals surface area contributed by atoms with Crippen LogP contribution in [0.5, 0.6) is 5.88 Å². The van der Waals surface area contributed by atoms with Crippen molar-refractivity contribution in [1.82, 2.24) is 20.0 Å². The van der Waals surface area contributed by atoms with Crippen LogP contribution < -0.4 is 9.88 Å². The lowest BCUT2D eigenvalue weighted by Gasteiger charge is -2.05. The molecule has 4 aromatic rings. The number of hydrogen-bond donors (Lipinski definition) is 1. The number of pyridine rings is 1. The van der Waals surface area contributed by atoms with Crippen molar-refractivity contribution in [2.24, 2.45) is 15.3 Å². The standard InChI is InChI=1S/C22H21N7O3S/c1-14(26-24-13-17-12-16-6-4-5-7-20(16)25-22(17)32-3)21-15(2)29(28-27-21)18-8-10-19(11-9-18)33(23,30)31/h4-13H,1-3H3,(H2,23,30,31)/b24-13+,26-14+. The molecular formula is C22H21N7O3S. The molecule has 168 valence electrons. The Morgan fingerprint density at radius 3 is 2.58 bits per heavy atom. The molecule has 2 N–H and O–H groups in total. The Morgan fingerprint density at radius 2 is 1.88 bits per heavy atom. The Bertz CT molecular complexity index is 1490. The highest BCUT2D eigenvalue weighted by Gasteiger charge is 2.14. The fourth-order valence-corrected chi connectivity index (χ4v) is 3.80. The van der Waals surface area contributed by atoms with Gasteiger partial charge in [-0.25, -0.2) is 23.2 Å². The van der Waals surface area contributed by atoms with Gasteiger partial charge in [-0.3, -0.25) is 0 Å². The summed E-state index contributed by atoms with van der Waals surface area (Å²) in [6.07, 6.45) is 1.58. The lowest BCUT2D eigenvalue weighted by atomic mass is 10.1. The third-order valence-electron chi connectivity index (χ3n) is 4.96. The van der Waals surface area contributed by atoms with E-state index < -0.39 is 10.0 Å². The molecule has 0 amide bonds. The fourth-order valence-electron chi connectivity index (χ4n) is 3.28. The molecule has 0 aliphatic heterocycles. The number of para-hydroxylation sites is 1. The van der Waals surface area contributed by atoms with E-state index in [0.717, 1.165) is 16.6 Å². The second-order valence-electron chi connectivity index (χ2n) is 7.18. The van der Waals surface area contributed by atoms with Crippen molar-refractivity contribution in [2.75, 3.05) is 7.11 Å². The molecule has 0 bridgehead atoms. The predicted octanol–water partition coefficient (Wildman–Crippen LogP) is 2.62. The topological polar surface area (TPSA) is 138 Å². The number of benzene rings is 2. The fraction of sp³-hybridized carbons (Fsp3) is 0.136. The highest BCUT2D eigenvalue weighted by molar-refractivity contribution is 7.89. The van der Waals surface area contributed by atoms with Crippen LogP contribution in [0.2, 0.25) is 0 Å². The van der Waals surface area contributed by atoms with Crippen LogP contribution in [-0.2, 0) is 10.0 Å². The van der Waals surface area contributed by atoms with E-state index in [4.69, 9.17) is 9.88 Å². The number of ether oxygens (including phenoxy) is 1. The van der Waals surface area contributed by atoms with Gasteiger partial charge in [-0.2, -0.15) is 10.2 Å². The van der Waals surface area contributed by atoms with E-state index in [9.17, 15) is 8.42 Å². The molecule has 2 aromatic carbocycles. The van der Waals surface area contributed by atoms with Crippen molar-refractivity contribution in [1.29, 1.82) is 0 Å². The molecule has 0 atom stereocenters. The van der Waals surface area contributed by atoms with Crippen molar-refractivity contribution in [3.05, 3.63) is 71.5 Å². The van der Waals surface area contributed by atoms with Gasteiger partial charge in [0.15, 0.2) is 0 Å². The Hall–Kier alpha value is -3.96. The number of aromatic nitrogens is 4. The number of fused-ring (bicyclic) bond motifs is 1. The first kappa shape index (κ1) is 22.2. The van der Waals surface area contributed by atoms with Crippen LogP contribution in [0.25, 0.3) is 16.6 Å². The van der Waals surface area contributed by atoms with E-state index in [2.05, 4.69) is 25.5 Å². The molecule has 2 aromatic heterocycles. The number of rotatable bonds is 6. The van der Waals surface area contributed by atoms with Gasteiger partial charge < -0.3 is 4.74 Å². The van der Waals surface area contributed by atoms with E-state index in [1.807, 2.05) is 37.3 Å². The van der Waals surface area contributed by atoms with Crippen LogP contribution in [0.4, 0.5) is 0 Å². The van der Waals surface area contributed by atoms with Crippen molar-refractivity contribution >= 4 is 32.9 Å². The van der Waals surface area contributed by atoms with E-state index in [-0.39, 0.29) is 4.90 Å². The molecule has 33 heavy (non-hydrogen) atoms. The summed E-state index contributed by atoms with van der Waals surface area (Å²) in [5.41, 5.74) is 4.01. The van der Waals surface area contributed by atoms with E-state index in [1.165, 1.54) is 12.1 Å². The van der Waals surface area contributed by atoms with Crippen molar-refractivity contribution in [3.63, 3.8) is 0 Å². The molecule has 0 aliphatic carbocycles. The number of primary sulfonamides is 1. The van der Waals surface area contributed by atoms with Gasteiger partial charge in [-0.1, -0.05) is 23.4 Å². The van der Waals surface area contributed by atoms with Gasteiger partial charge in [0.2, 0.25) is 15.9 Å². The normalized spacial score (nSPS) is 12.5. The van der Waals surface area contributed by atoms with Crippen molar-refractivity contribution in [2.45, 2.75) is 18.7 Å². The summed E-state index contributed by atoms with van der Waals surface area (Å²) in [5, 5.41) is 22.9. The van der Waals surface area contributed by atoms with Crippen LogP contribution in [0.15, 0.2) is 69.7 Å². The number of hydrogen-bond acceptors (Lipinski definition) is 8. The first-order valence-corrected chi connectivity index (χ1v) is 11.4. The molecule has 0 radical (unpaired) electrons. The summed E-state index contributed by atoms with van der Waals surface area (Å²) in [4.78, 5) is 4.51. The average Bonchev–Trinajstić information content (AvgIpc) is 3.19. The second kappa shape index (κ2) is 8.88. The van der Waals surface area contributed by atoms with Crippen LogP contribution in [0.3, 0.4) is 0 Å². The molecule has 0 fully saturated rings. The van der Waals surface area contributed by atoms with Crippen LogP contribution in [-0.4, -0.2) is 47.4 Å². The quantitative estimate of drug-likeness (QED) is 0.345. The first-order valence-electron chi connectivity index (χ1n) is 9.85. The first-order chi connectivity index (χ1) is 15.8. The Kier molecular flexibility index (Phi) is 5.99. The van der Waals surface area contributed by atoms with Crippen LogP contribution >= 0.6 is 0 Å². The average molecular weight is 464 g/mol. The summed E-state index contributed by atoms with van der Waals surface area (Å²) in [7, 11) is -2.21. The molecule has 0 saturated heterocycles. The largest absolute Gasteiger partial charge is 0.481 e. The molecule has 0 aliphatic rings. The molecule has 0 saturated carbocycles. The van der Waals surface area contributed by atoms with E-state index in [0.29, 0.717) is 28.5 Å². The zero-order valence-electron chi connectivity index (χ0n) is 18.2. The summed E-state index contributed by atoms with van der Waals surface area (Å²) < 4.78 is 29.9. The minimum absolute atomic E-state index is 0.0231. The number of nitrogens with two attached hydrogens (primary N) is 1. The molecule has 11 heteroatoms. The van der Waals surface area contributed by atoms with Gasteiger partial charge in [-0.05, 0) is 50.2 Å². The monoisotopic (exact) mass is 463 g/mol. The predicted molar refractivity (Wildman–Crippen MR) is 126 cm³/mol. The summed E-state index contributed by atoms with van der Waals surface area (Å²) >= 11 is 0. The summed E-state index contributed by atoms with van der Waals surface area (Å²) in [5.74, 6) is 0.454. The van der Waals surface area contributed by atoms with Crippen molar-refractivity contribution < 1.29 is 13.2 Å². The second-order valence-corrected chi connectivity index (χ2v) is 8.75. The van der Waals surface area contributed by atoms with Gasteiger partial charge in [0.25, 0.3) is 0 Å². The Morgan fingerprint density at radius 1 is 1.15 bits per heavy atom. The zero-order valence-corrected chi connectivity index (χ0v) is 19.0. The van der Waals surface area contributed by atoms with E-state index in [1.54, 1.807) is 37.1 Å². The van der Waals surface area contributed by atoms with Gasteiger partial charge >= 0.3 is 0 Å². The maximum Gasteiger partial charge on any atom is 0.238 e. The van der Waals surface area contributed by atoms with Crippen molar-refractivity contribution in [3.8, 4) is 11.6 Å². The molecule has 0 spiro atoms. The van der Waals surface area contributed by atoms with Crippen LogP contribution in [0, 0.1) is 6.92 Å². The summed E-state index contributed by atoms with van der Waals surface area (Å²) in [6.45, 7) is 3.61. The van der Waals surface area contributed by atoms with Gasteiger partial charge in [-0.15, -0.1) is 5.10 Å². The molecule has 0 unspecified atom stereocenters. The maximum absolute atomic E-state index is 11.5. The minimum Gasteiger partial charge on any atom is -0.481 e. The summed E-state index contributed by atoms with van der Waals surface area (Å²) in [6, 6.07) is 15.7. The minimum atomic E-state index is -3.76. The number of sulfonamides is 1. The number of nitrogens with zero attached hydrogens (tertiary/aromatic N) is 6. The molecule has 4 rings (SSSR count). The van der Waals surface area contributed by atoms with Gasteiger partial charge in [0, 0.05) is 5.39 Å². The number of methoxy groups -OCH3 is 1. The molecular weight excluding hydrogens is 442 g/mol.